The number of benzene rings is 3. The molecule has 162 valence electrons. The van der Waals surface area contributed by atoms with Gasteiger partial charge in [-0.2, -0.15) is 5.10 Å². The molecule has 0 atom stereocenters. The number of aromatic nitrogens is 3. The van der Waals surface area contributed by atoms with Crippen LogP contribution in [-0.2, 0) is 0 Å². The number of para-hydroxylation sites is 2. The predicted octanol–water partition coefficient (Wildman–Crippen LogP) is 6.34. The molecule has 2 aromatic heterocycles. The highest BCUT2D eigenvalue weighted by Gasteiger charge is 2.11. The summed E-state index contributed by atoms with van der Waals surface area (Å²) in [6.45, 7) is 2.54. The minimum atomic E-state index is 0.356. The molecular formula is C26H20ClN5O. The SMILES string of the molecule is CCOc1ccc2cc(/C=N\Nc3nc4ccccc4nc3-c3ccccc3)c(Cl)nc2c1. The minimum Gasteiger partial charge on any atom is -0.494 e. The van der Waals surface area contributed by atoms with Crippen molar-refractivity contribution in [1.82, 2.24) is 15.0 Å². The van der Waals surface area contributed by atoms with Crippen LogP contribution in [0.1, 0.15) is 12.5 Å². The summed E-state index contributed by atoms with van der Waals surface area (Å²) in [5.74, 6) is 1.32. The van der Waals surface area contributed by atoms with E-state index in [0.29, 0.717) is 23.1 Å². The van der Waals surface area contributed by atoms with Crippen molar-refractivity contribution in [2.45, 2.75) is 6.92 Å². The molecule has 0 aliphatic heterocycles. The summed E-state index contributed by atoms with van der Waals surface area (Å²) >= 11 is 6.42. The number of rotatable bonds is 6. The monoisotopic (exact) mass is 453 g/mol. The zero-order valence-electron chi connectivity index (χ0n) is 17.9. The molecule has 0 spiro atoms. The summed E-state index contributed by atoms with van der Waals surface area (Å²) < 4.78 is 5.54. The number of halogens is 1. The van der Waals surface area contributed by atoms with Crippen LogP contribution in [0.15, 0.2) is 84.0 Å². The van der Waals surface area contributed by atoms with Crippen molar-refractivity contribution in [3.63, 3.8) is 0 Å². The lowest BCUT2D eigenvalue weighted by atomic mass is 10.1. The van der Waals surface area contributed by atoms with Crippen LogP contribution < -0.4 is 10.2 Å². The first-order valence-electron chi connectivity index (χ1n) is 10.6. The van der Waals surface area contributed by atoms with E-state index in [9.17, 15) is 0 Å². The number of hydrogen-bond acceptors (Lipinski definition) is 6. The van der Waals surface area contributed by atoms with Gasteiger partial charge >= 0.3 is 0 Å². The Hall–Kier alpha value is -4.03. The summed E-state index contributed by atoms with van der Waals surface area (Å²) in [5, 5.41) is 5.69. The number of nitrogens with zero attached hydrogens (tertiary/aromatic N) is 4. The second-order valence-electron chi connectivity index (χ2n) is 7.30. The van der Waals surface area contributed by atoms with Crippen molar-refractivity contribution in [3.05, 3.63) is 89.6 Å². The van der Waals surface area contributed by atoms with E-state index in [0.717, 1.165) is 38.9 Å². The molecule has 0 amide bonds. The fourth-order valence-electron chi connectivity index (χ4n) is 3.52. The van der Waals surface area contributed by atoms with Gasteiger partial charge in [0.1, 0.15) is 16.6 Å². The molecule has 33 heavy (non-hydrogen) atoms. The number of ether oxygens (including phenoxy) is 1. The predicted molar refractivity (Wildman–Crippen MR) is 134 cm³/mol. The van der Waals surface area contributed by atoms with Crippen LogP contribution in [0.2, 0.25) is 5.15 Å². The van der Waals surface area contributed by atoms with E-state index >= 15 is 0 Å². The third-order valence-electron chi connectivity index (χ3n) is 5.07. The van der Waals surface area contributed by atoms with Crippen molar-refractivity contribution in [1.29, 1.82) is 0 Å². The maximum atomic E-state index is 6.42. The Morgan fingerprint density at radius 1 is 0.879 bits per heavy atom. The van der Waals surface area contributed by atoms with Gasteiger partial charge < -0.3 is 4.74 Å². The highest BCUT2D eigenvalue weighted by atomic mass is 35.5. The molecule has 5 aromatic rings. The maximum Gasteiger partial charge on any atom is 0.173 e. The molecule has 0 aliphatic carbocycles. The number of fused-ring (bicyclic) bond motifs is 2. The zero-order chi connectivity index (χ0) is 22.6. The third-order valence-corrected chi connectivity index (χ3v) is 5.38. The van der Waals surface area contributed by atoms with Gasteiger partial charge in [-0.25, -0.2) is 15.0 Å². The van der Waals surface area contributed by atoms with Gasteiger partial charge in [0.2, 0.25) is 0 Å². The average molecular weight is 454 g/mol. The zero-order valence-corrected chi connectivity index (χ0v) is 18.6. The first kappa shape index (κ1) is 20.8. The van der Waals surface area contributed by atoms with Crippen LogP contribution in [0.5, 0.6) is 5.75 Å². The van der Waals surface area contributed by atoms with Crippen molar-refractivity contribution in [2.24, 2.45) is 5.10 Å². The summed E-state index contributed by atoms with van der Waals surface area (Å²) in [6.07, 6.45) is 1.64. The smallest absolute Gasteiger partial charge is 0.173 e. The third kappa shape index (κ3) is 4.47. The van der Waals surface area contributed by atoms with Crippen LogP contribution in [-0.4, -0.2) is 27.8 Å². The molecular weight excluding hydrogens is 434 g/mol. The first-order valence-corrected chi connectivity index (χ1v) is 10.9. The van der Waals surface area contributed by atoms with E-state index in [4.69, 9.17) is 26.3 Å². The maximum absolute atomic E-state index is 6.42. The van der Waals surface area contributed by atoms with Gasteiger partial charge in [0, 0.05) is 22.6 Å². The topological polar surface area (TPSA) is 72.3 Å². The second kappa shape index (κ2) is 9.22. The van der Waals surface area contributed by atoms with Crippen LogP contribution in [0.3, 0.4) is 0 Å². The molecule has 0 bridgehead atoms. The quantitative estimate of drug-likeness (QED) is 0.184. The number of nitrogens with one attached hydrogen (secondary N) is 1. The van der Waals surface area contributed by atoms with E-state index in [2.05, 4.69) is 15.5 Å². The van der Waals surface area contributed by atoms with Crippen LogP contribution in [0.4, 0.5) is 5.82 Å². The molecule has 0 radical (unpaired) electrons. The number of hydrogen-bond donors (Lipinski definition) is 1. The van der Waals surface area contributed by atoms with Gasteiger partial charge in [-0.15, -0.1) is 0 Å². The van der Waals surface area contributed by atoms with Crippen molar-refractivity contribution >= 4 is 45.6 Å². The Morgan fingerprint density at radius 3 is 2.42 bits per heavy atom. The van der Waals surface area contributed by atoms with Crippen LogP contribution >= 0.6 is 11.6 Å². The Labute approximate surface area is 195 Å². The Morgan fingerprint density at radius 2 is 1.64 bits per heavy atom. The molecule has 0 saturated carbocycles. The molecule has 0 fully saturated rings. The summed E-state index contributed by atoms with van der Waals surface area (Å²) in [6, 6.07) is 25.3. The molecule has 0 unspecified atom stereocenters. The Balaban J connectivity index is 1.48. The van der Waals surface area contributed by atoms with Crippen LogP contribution in [0.25, 0.3) is 33.2 Å². The summed E-state index contributed by atoms with van der Waals surface area (Å²) in [4.78, 5) is 14.0. The average Bonchev–Trinajstić information content (AvgIpc) is 2.84. The number of anilines is 1. The van der Waals surface area contributed by atoms with Crippen molar-refractivity contribution in [2.75, 3.05) is 12.0 Å². The molecule has 0 aliphatic rings. The first-order chi connectivity index (χ1) is 16.2. The Bertz CT molecular complexity index is 1470. The van der Waals surface area contributed by atoms with Crippen molar-refractivity contribution in [3.8, 4) is 17.0 Å². The van der Waals surface area contributed by atoms with Gasteiger partial charge in [-0.05, 0) is 37.3 Å². The van der Waals surface area contributed by atoms with Crippen molar-refractivity contribution < 1.29 is 4.74 Å². The molecule has 7 heteroatoms. The van der Waals surface area contributed by atoms with Gasteiger partial charge in [-0.3, -0.25) is 5.43 Å². The molecule has 0 saturated heterocycles. The lowest BCUT2D eigenvalue weighted by Crippen LogP contribution is -2.00. The lowest BCUT2D eigenvalue weighted by Gasteiger charge is -2.09. The van der Waals surface area contributed by atoms with E-state index < -0.39 is 0 Å². The van der Waals surface area contributed by atoms with E-state index in [1.807, 2.05) is 85.8 Å². The highest BCUT2D eigenvalue weighted by molar-refractivity contribution is 6.32. The van der Waals surface area contributed by atoms with Gasteiger partial charge in [0.25, 0.3) is 0 Å². The summed E-state index contributed by atoms with van der Waals surface area (Å²) in [5.41, 5.74) is 7.77. The largest absolute Gasteiger partial charge is 0.494 e. The number of hydrazone groups is 1. The van der Waals surface area contributed by atoms with Gasteiger partial charge in [-0.1, -0.05) is 54.1 Å². The second-order valence-corrected chi connectivity index (χ2v) is 7.66. The standard InChI is InChI=1S/C26H20ClN5O/c1-2-33-20-13-12-18-14-19(25(27)30-23(18)15-20)16-28-32-26-24(17-8-4-3-5-9-17)29-21-10-6-7-11-22(21)31-26/h3-16H,2H2,1H3,(H,31,32)/b28-16-. The summed E-state index contributed by atoms with van der Waals surface area (Å²) in [7, 11) is 0. The number of pyridine rings is 1. The van der Waals surface area contributed by atoms with E-state index in [-0.39, 0.29) is 0 Å². The van der Waals surface area contributed by atoms with Gasteiger partial charge in [0.05, 0.1) is 29.4 Å². The Kier molecular flexibility index (Phi) is 5.83. The minimum absolute atomic E-state index is 0.356. The van der Waals surface area contributed by atoms with E-state index in [1.54, 1.807) is 6.21 Å². The molecule has 3 aromatic carbocycles. The molecule has 1 N–H and O–H groups in total. The lowest BCUT2D eigenvalue weighted by molar-refractivity contribution is 0.340. The normalized spacial score (nSPS) is 11.3. The molecule has 2 heterocycles. The fourth-order valence-corrected chi connectivity index (χ4v) is 3.72. The highest BCUT2D eigenvalue weighted by Crippen LogP contribution is 2.27. The van der Waals surface area contributed by atoms with E-state index in [1.165, 1.54) is 0 Å². The van der Waals surface area contributed by atoms with Crippen LogP contribution in [0, 0.1) is 0 Å². The van der Waals surface area contributed by atoms with Gasteiger partial charge in [0.15, 0.2) is 5.82 Å². The fraction of sp³-hybridized carbons (Fsp3) is 0.0769. The molecule has 5 rings (SSSR count). The molecule has 6 nitrogen and oxygen atoms in total.